The highest BCUT2D eigenvalue weighted by Crippen LogP contribution is 2.31. The lowest BCUT2D eigenvalue weighted by Crippen LogP contribution is -2.34. The molecule has 1 saturated carbocycles. The molecule has 0 radical (unpaired) electrons. The molecule has 0 heterocycles. The second-order valence-electron chi connectivity index (χ2n) is 5.02. The fourth-order valence-electron chi connectivity index (χ4n) is 2.55. The summed E-state index contributed by atoms with van der Waals surface area (Å²) in [5.41, 5.74) is 5.14. The number of hydrogen-bond donors (Lipinski definition) is 2. The first-order valence-electron chi connectivity index (χ1n) is 6.72. The van der Waals surface area contributed by atoms with E-state index in [0.29, 0.717) is 18.1 Å². The van der Waals surface area contributed by atoms with Gasteiger partial charge in [0, 0.05) is 17.0 Å². The maximum Gasteiger partial charge on any atom is 0.246 e. The van der Waals surface area contributed by atoms with Gasteiger partial charge in [-0.05, 0) is 37.1 Å². The second-order valence-corrected chi connectivity index (χ2v) is 8.25. The molecular weight excluding hydrogens is 318 g/mol. The van der Waals surface area contributed by atoms with Gasteiger partial charge in [0.1, 0.15) is 11.6 Å². The molecule has 2 atom stereocenters. The first-order valence-corrected chi connectivity index (χ1v) is 9.25. The minimum absolute atomic E-state index is 0.149. The van der Waals surface area contributed by atoms with Gasteiger partial charge in [0.15, 0.2) is 4.90 Å². The van der Waals surface area contributed by atoms with E-state index in [9.17, 15) is 17.2 Å². The fraction of sp³-hybridized carbons (Fsp3) is 0.538. The van der Waals surface area contributed by atoms with Crippen molar-refractivity contribution in [2.24, 2.45) is 0 Å². The van der Waals surface area contributed by atoms with Crippen LogP contribution >= 0.6 is 11.8 Å². The van der Waals surface area contributed by atoms with E-state index < -0.39 is 26.6 Å². The third-order valence-electron chi connectivity index (χ3n) is 3.40. The Hall–Kier alpha value is -0.860. The Labute approximate surface area is 127 Å². The molecule has 0 amide bonds. The molecule has 0 bridgehead atoms. The number of halogens is 2. The lowest BCUT2D eigenvalue weighted by Gasteiger charge is -2.14. The Bertz CT molecular complexity index is 600. The third-order valence-corrected chi connectivity index (χ3v) is 6.20. The van der Waals surface area contributed by atoms with Gasteiger partial charge >= 0.3 is 0 Å². The molecule has 1 fully saturated rings. The van der Waals surface area contributed by atoms with Crippen molar-refractivity contribution < 1.29 is 17.2 Å². The Morgan fingerprint density at radius 2 is 1.95 bits per heavy atom. The van der Waals surface area contributed by atoms with Crippen molar-refractivity contribution in [1.82, 2.24) is 4.72 Å². The molecule has 2 unspecified atom stereocenters. The average molecular weight is 336 g/mol. The summed E-state index contributed by atoms with van der Waals surface area (Å²) in [6.45, 7) is 2.04. The minimum atomic E-state index is -4.22. The number of anilines is 1. The number of nitrogens with one attached hydrogen (secondary N) is 1. The molecule has 4 nitrogen and oxygen atoms in total. The molecule has 21 heavy (non-hydrogen) atoms. The van der Waals surface area contributed by atoms with Crippen molar-refractivity contribution in [1.29, 1.82) is 0 Å². The smallest absolute Gasteiger partial charge is 0.246 e. The number of nitrogen functional groups attached to an aromatic ring is 1. The SMILES string of the molecule is CCSC1CCC(NS(=O)(=O)c2c(F)cc(N)cc2F)C1. The molecule has 2 rings (SSSR count). The molecule has 3 N–H and O–H groups in total. The number of rotatable bonds is 5. The van der Waals surface area contributed by atoms with E-state index in [4.69, 9.17) is 5.73 Å². The largest absolute Gasteiger partial charge is 0.399 e. The summed E-state index contributed by atoms with van der Waals surface area (Å²) in [7, 11) is -4.22. The summed E-state index contributed by atoms with van der Waals surface area (Å²) in [4.78, 5) is -0.955. The Balaban J connectivity index is 2.17. The van der Waals surface area contributed by atoms with Crippen LogP contribution in [0.4, 0.5) is 14.5 Å². The fourth-order valence-corrected chi connectivity index (χ4v) is 5.09. The minimum Gasteiger partial charge on any atom is -0.399 e. The molecule has 1 aromatic rings. The van der Waals surface area contributed by atoms with Crippen molar-refractivity contribution in [2.45, 2.75) is 42.4 Å². The van der Waals surface area contributed by atoms with Crippen molar-refractivity contribution in [3.8, 4) is 0 Å². The zero-order valence-electron chi connectivity index (χ0n) is 11.6. The van der Waals surface area contributed by atoms with Gasteiger partial charge in [-0.1, -0.05) is 6.92 Å². The Morgan fingerprint density at radius 1 is 1.33 bits per heavy atom. The first-order chi connectivity index (χ1) is 9.83. The van der Waals surface area contributed by atoms with Crippen LogP contribution in [0.15, 0.2) is 17.0 Å². The quantitative estimate of drug-likeness (QED) is 0.811. The number of benzene rings is 1. The van der Waals surface area contributed by atoms with Gasteiger partial charge in [-0.2, -0.15) is 11.8 Å². The molecule has 0 aliphatic heterocycles. The van der Waals surface area contributed by atoms with Crippen LogP contribution in [0.25, 0.3) is 0 Å². The molecule has 0 aromatic heterocycles. The predicted octanol–water partition coefficient (Wildman–Crippen LogP) is 2.50. The van der Waals surface area contributed by atoms with Crippen LogP contribution in [0.2, 0.25) is 0 Å². The molecule has 0 spiro atoms. The number of hydrogen-bond acceptors (Lipinski definition) is 4. The van der Waals surface area contributed by atoms with E-state index in [1.165, 1.54) is 0 Å². The maximum absolute atomic E-state index is 13.7. The number of sulfonamides is 1. The summed E-state index contributed by atoms with van der Waals surface area (Å²) in [5.74, 6) is -1.37. The van der Waals surface area contributed by atoms with Gasteiger partial charge in [0.05, 0.1) is 0 Å². The number of nitrogens with two attached hydrogens (primary N) is 1. The van der Waals surface area contributed by atoms with Crippen molar-refractivity contribution in [3.63, 3.8) is 0 Å². The monoisotopic (exact) mass is 336 g/mol. The van der Waals surface area contributed by atoms with Gasteiger partial charge in [-0.15, -0.1) is 0 Å². The highest BCUT2D eigenvalue weighted by Gasteiger charge is 2.31. The third kappa shape index (κ3) is 3.87. The van der Waals surface area contributed by atoms with Crippen LogP contribution in [0.5, 0.6) is 0 Å². The predicted molar refractivity (Wildman–Crippen MR) is 80.7 cm³/mol. The van der Waals surface area contributed by atoms with Gasteiger partial charge in [-0.25, -0.2) is 21.9 Å². The van der Waals surface area contributed by atoms with E-state index in [1.54, 1.807) is 11.8 Å². The summed E-state index contributed by atoms with van der Waals surface area (Å²) in [6, 6.07) is 1.33. The van der Waals surface area contributed by atoms with Crippen LogP contribution < -0.4 is 10.5 Å². The molecule has 1 aliphatic carbocycles. The highest BCUT2D eigenvalue weighted by molar-refractivity contribution is 7.99. The van der Waals surface area contributed by atoms with Gasteiger partial charge < -0.3 is 5.73 Å². The normalized spacial score (nSPS) is 22.6. The summed E-state index contributed by atoms with van der Waals surface area (Å²) < 4.78 is 54.2. The molecule has 118 valence electrons. The highest BCUT2D eigenvalue weighted by atomic mass is 32.2. The van der Waals surface area contributed by atoms with E-state index >= 15 is 0 Å². The second kappa shape index (κ2) is 6.50. The topological polar surface area (TPSA) is 72.2 Å². The van der Waals surface area contributed by atoms with Gasteiger partial charge in [-0.3, -0.25) is 0 Å². The molecule has 0 saturated heterocycles. The standard InChI is InChI=1S/C13H18F2N2O2S2/c1-2-20-10-4-3-9(7-10)17-21(18,19)13-11(14)5-8(16)6-12(13)15/h5-6,9-10,17H,2-4,7,16H2,1H3. The zero-order valence-corrected chi connectivity index (χ0v) is 13.2. The van der Waals surface area contributed by atoms with Crippen LogP contribution in [-0.4, -0.2) is 25.5 Å². The van der Waals surface area contributed by atoms with Crippen LogP contribution in [0, 0.1) is 11.6 Å². The summed E-state index contributed by atoms with van der Waals surface area (Å²) >= 11 is 1.77. The van der Waals surface area contributed by atoms with Crippen LogP contribution in [-0.2, 0) is 10.0 Å². The molecule has 1 aromatic carbocycles. The van der Waals surface area contributed by atoms with Gasteiger partial charge in [0.25, 0.3) is 0 Å². The molecular formula is C13H18F2N2O2S2. The summed E-state index contributed by atoms with van der Waals surface area (Å²) in [6.07, 6.45) is 2.25. The van der Waals surface area contributed by atoms with E-state index in [2.05, 4.69) is 4.72 Å². The van der Waals surface area contributed by atoms with Crippen LogP contribution in [0.1, 0.15) is 26.2 Å². The Morgan fingerprint density at radius 3 is 2.52 bits per heavy atom. The maximum atomic E-state index is 13.7. The first kappa shape index (κ1) is 16.5. The van der Waals surface area contributed by atoms with Crippen LogP contribution in [0.3, 0.4) is 0 Å². The molecule has 1 aliphatic rings. The van der Waals surface area contributed by atoms with E-state index in [0.717, 1.165) is 24.3 Å². The van der Waals surface area contributed by atoms with E-state index in [1.807, 2.05) is 6.92 Å². The van der Waals surface area contributed by atoms with E-state index in [-0.39, 0.29) is 11.7 Å². The van der Waals surface area contributed by atoms with Crippen molar-refractivity contribution in [3.05, 3.63) is 23.8 Å². The molecule has 8 heteroatoms. The lowest BCUT2D eigenvalue weighted by molar-refractivity contribution is 0.505. The van der Waals surface area contributed by atoms with Gasteiger partial charge in [0.2, 0.25) is 10.0 Å². The zero-order chi connectivity index (χ0) is 15.6. The summed E-state index contributed by atoms with van der Waals surface area (Å²) in [5, 5.41) is 0.392. The Kier molecular flexibility index (Phi) is 5.11. The number of thioether (sulfide) groups is 1. The lowest BCUT2D eigenvalue weighted by atomic mass is 10.3. The van der Waals surface area contributed by atoms with Crippen molar-refractivity contribution >= 4 is 27.5 Å². The average Bonchev–Trinajstić information content (AvgIpc) is 2.74. The van der Waals surface area contributed by atoms with Crippen molar-refractivity contribution in [2.75, 3.05) is 11.5 Å².